The summed E-state index contributed by atoms with van der Waals surface area (Å²) in [5.41, 5.74) is 0. The minimum atomic E-state index is 0.588. The van der Waals surface area contributed by atoms with Gasteiger partial charge in [-0.2, -0.15) is 0 Å². The predicted octanol–water partition coefficient (Wildman–Crippen LogP) is 1.38. The Hall–Kier alpha value is -0.670. The van der Waals surface area contributed by atoms with Crippen molar-refractivity contribution in [3.63, 3.8) is 0 Å². The van der Waals surface area contributed by atoms with Crippen molar-refractivity contribution in [3.05, 3.63) is 23.2 Å². The van der Waals surface area contributed by atoms with E-state index in [4.69, 9.17) is 11.6 Å². The number of halogens is 1. The molecule has 0 aliphatic heterocycles. The molecule has 0 unspecified atom stereocenters. The van der Waals surface area contributed by atoms with Gasteiger partial charge in [0.15, 0.2) is 0 Å². The maximum Gasteiger partial charge on any atom is 0.142 e. The summed E-state index contributed by atoms with van der Waals surface area (Å²) in [7, 11) is 0. The summed E-state index contributed by atoms with van der Waals surface area (Å²) in [6.07, 6.45) is 5.82. The van der Waals surface area contributed by atoms with E-state index < -0.39 is 0 Å². The van der Waals surface area contributed by atoms with E-state index in [1.165, 1.54) is 12.8 Å². The van der Waals surface area contributed by atoms with Gasteiger partial charge in [0, 0.05) is 18.4 Å². The molecule has 0 aromatic carbocycles. The van der Waals surface area contributed by atoms with Crippen LogP contribution < -0.4 is 5.32 Å². The van der Waals surface area contributed by atoms with Gasteiger partial charge in [0.2, 0.25) is 0 Å². The number of aromatic nitrogens is 2. The summed E-state index contributed by atoms with van der Waals surface area (Å²) in [6, 6.07) is 0.698. The number of hydrogen-bond acceptors (Lipinski definition) is 3. The topological polar surface area (TPSA) is 37.8 Å². The molecule has 1 aromatic heterocycles. The Kier molecular flexibility index (Phi) is 2.23. The van der Waals surface area contributed by atoms with E-state index in [1.807, 2.05) is 0 Å². The Morgan fingerprint density at radius 3 is 2.67 bits per heavy atom. The lowest BCUT2D eigenvalue weighted by molar-refractivity contribution is 0.657. The molecule has 0 radical (unpaired) electrons. The maximum absolute atomic E-state index is 5.64. The first-order valence-corrected chi connectivity index (χ1v) is 4.42. The van der Waals surface area contributed by atoms with Crippen molar-refractivity contribution in [1.29, 1.82) is 0 Å². The molecule has 1 aliphatic rings. The molecule has 0 saturated heterocycles. The first-order valence-electron chi connectivity index (χ1n) is 4.04. The van der Waals surface area contributed by atoms with E-state index in [1.54, 1.807) is 12.4 Å². The molecule has 1 fully saturated rings. The summed E-state index contributed by atoms with van der Waals surface area (Å²) < 4.78 is 0. The zero-order valence-electron chi connectivity index (χ0n) is 6.63. The largest absolute Gasteiger partial charge is 0.307 e. The molecule has 1 N–H and O–H groups in total. The Morgan fingerprint density at radius 1 is 1.42 bits per heavy atom. The third-order valence-corrected chi connectivity index (χ3v) is 2.00. The highest BCUT2D eigenvalue weighted by molar-refractivity contribution is 6.30. The van der Waals surface area contributed by atoms with Gasteiger partial charge in [0.1, 0.15) is 5.82 Å². The van der Waals surface area contributed by atoms with Crippen LogP contribution in [-0.2, 0) is 6.54 Å². The van der Waals surface area contributed by atoms with Gasteiger partial charge in [-0.05, 0) is 12.8 Å². The zero-order chi connectivity index (χ0) is 8.39. The average Bonchev–Trinajstić information content (AvgIpc) is 2.87. The van der Waals surface area contributed by atoms with E-state index in [9.17, 15) is 0 Å². The van der Waals surface area contributed by atoms with Crippen molar-refractivity contribution in [2.75, 3.05) is 0 Å². The molecule has 1 aliphatic carbocycles. The quantitative estimate of drug-likeness (QED) is 0.770. The third kappa shape index (κ3) is 2.16. The first kappa shape index (κ1) is 7.95. The number of nitrogens with one attached hydrogen (secondary N) is 1. The van der Waals surface area contributed by atoms with Crippen LogP contribution in [0.5, 0.6) is 0 Å². The number of rotatable bonds is 3. The Morgan fingerprint density at radius 2 is 2.08 bits per heavy atom. The molecule has 1 aromatic rings. The molecule has 2 rings (SSSR count). The molecule has 1 heterocycles. The molecule has 0 amide bonds. The maximum atomic E-state index is 5.64. The van der Waals surface area contributed by atoms with Crippen molar-refractivity contribution >= 4 is 11.6 Å². The Labute approximate surface area is 76.2 Å². The van der Waals surface area contributed by atoms with Gasteiger partial charge in [0.05, 0.1) is 11.6 Å². The molecule has 0 spiro atoms. The highest BCUT2D eigenvalue weighted by atomic mass is 35.5. The predicted molar refractivity (Wildman–Crippen MR) is 46.9 cm³/mol. The molecule has 64 valence electrons. The number of hydrogen-bond donors (Lipinski definition) is 1. The van der Waals surface area contributed by atoms with Gasteiger partial charge in [0.25, 0.3) is 0 Å². The summed E-state index contributed by atoms with van der Waals surface area (Å²) in [5.74, 6) is 0.811. The fourth-order valence-corrected chi connectivity index (χ4v) is 1.05. The minimum Gasteiger partial charge on any atom is -0.307 e. The van der Waals surface area contributed by atoms with Gasteiger partial charge in [-0.3, -0.25) is 0 Å². The molecule has 12 heavy (non-hydrogen) atoms. The summed E-state index contributed by atoms with van der Waals surface area (Å²) in [4.78, 5) is 8.14. The van der Waals surface area contributed by atoms with Crippen molar-refractivity contribution in [1.82, 2.24) is 15.3 Å². The summed E-state index contributed by atoms with van der Waals surface area (Å²) >= 11 is 5.64. The van der Waals surface area contributed by atoms with Gasteiger partial charge in [-0.15, -0.1) is 0 Å². The van der Waals surface area contributed by atoms with Crippen LogP contribution >= 0.6 is 11.6 Å². The summed E-state index contributed by atoms with van der Waals surface area (Å²) in [5, 5.41) is 3.91. The smallest absolute Gasteiger partial charge is 0.142 e. The van der Waals surface area contributed by atoms with Crippen LogP contribution in [0.15, 0.2) is 12.4 Å². The average molecular weight is 184 g/mol. The van der Waals surface area contributed by atoms with Crippen molar-refractivity contribution in [2.24, 2.45) is 0 Å². The second-order valence-corrected chi connectivity index (χ2v) is 3.41. The van der Waals surface area contributed by atoms with Crippen LogP contribution in [0.25, 0.3) is 0 Å². The van der Waals surface area contributed by atoms with Gasteiger partial charge >= 0.3 is 0 Å². The Bertz CT molecular complexity index is 256. The van der Waals surface area contributed by atoms with Crippen LogP contribution in [0, 0.1) is 0 Å². The van der Waals surface area contributed by atoms with Crippen LogP contribution in [0.4, 0.5) is 0 Å². The third-order valence-electron chi connectivity index (χ3n) is 1.80. The second-order valence-electron chi connectivity index (χ2n) is 2.97. The lowest BCUT2D eigenvalue weighted by Crippen LogP contribution is -2.17. The van der Waals surface area contributed by atoms with Crippen LogP contribution in [0.1, 0.15) is 18.7 Å². The lowest BCUT2D eigenvalue weighted by atomic mass is 10.5. The lowest BCUT2D eigenvalue weighted by Gasteiger charge is -1.99. The van der Waals surface area contributed by atoms with E-state index in [0.29, 0.717) is 11.1 Å². The fourth-order valence-electron chi connectivity index (χ4n) is 0.953. The van der Waals surface area contributed by atoms with E-state index >= 15 is 0 Å². The highest BCUT2D eigenvalue weighted by Crippen LogP contribution is 2.18. The summed E-state index contributed by atoms with van der Waals surface area (Å²) in [6.45, 7) is 0.752. The van der Waals surface area contributed by atoms with Crippen molar-refractivity contribution < 1.29 is 0 Å². The standard InChI is InChI=1S/C8H10ClN3/c9-6-3-11-8(12-4-6)5-10-7-1-2-7/h3-4,7,10H,1-2,5H2. The fraction of sp³-hybridized carbons (Fsp3) is 0.500. The Balaban J connectivity index is 1.89. The van der Waals surface area contributed by atoms with Crippen LogP contribution in [-0.4, -0.2) is 16.0 Å². The molecular weight excluding hydrogens is 174 g/mol. The molecule has 0 bridgehead atoms. The molecule has 0 atom stereocenters. The molecule has 4 heteroatoms. The molecular formula is C8H10ClN3. The van der Waals surface area contributed by atoms with Gasteiger partial charge in [-0.1, -0.05) is 11.6 Å². The van der Waals surface area contributed by atoms with Gasteiger partial charge < -0.3 is 5.32 Å². The van der Waals surface area contributed by atoms with Gasteiger partial charge in [-0.25, -0.2) is 9.97 Å². The van der Waals surface area contributed by atoms with Crippen molar-refractivity contribution in [2.45, 2.75) is 25.4 Å². The number of nitrogens with zero attached hydrogens (tertiary/aromatic N) is 2. The SMILES string of the molecule is Clc1cnc(CNC2CC2)nc1. The minimum absolute atomic E-state index is 0.588. The van der Waals surface area contributed by atoms with Crippen LogP contribution in [0.3, 0.4) is 0 Å². The van der Waals surface area contributed by atoms with E-state index in [2.05, 4.69) is 15.3 Å². The normalized spacial score (nSPS) is 16.4. The first-order chi connectivity index (χ1) is 5.84. The second kappa shape index (κ2) is 3.37. The van der Waals surface area contributed by atoms with Crippen molar-refractivity contribution in [3.8, 4) is 0 Å². The zero-order valence-corrected chi connectivity index (χ0v) is 7.38. The molecule has 3 nitrogen and oxygen atoms in total. The highest BCUT2D eigenvalue weighted by Gasteiger charge is 2.20. The van der Waals surface area contributed by atoms with Crippen LogP contribution in [0.2, 0.25) is 5.02 Å². The van der Waals surface area contributed by atoms with E-state index in [0.717, 1.165) is 12.4 Å². The molecule has 1 saturated carbocycles. The monoisotopic (exact) mass is 183 g/mol. The van der Waals surface area contributed by atoms with E-state index in [-0.39, 0.29) is 0 Å².